The van der Waals surface area contributed by atoms with E-state index in [2.05, 4.69) is 44.7 Å². The van der Waals surface area contributed by atoms with Gasteiger partial charge in [-0.1, -0.05) is 41.6 Å². The smallest absolute Gasteiger partial charge is 0.233 e. The monoisotopic (exact) mass is 466 g/mol. The molecule has 0 radical (unpaired) electrons. The molecule has 0 bridgehead atoms. The molecule has 0 saturated carbocycles. The van der Waals surface area contributed by atoms with Gasteiger partial charge in [0.1, 0.15) is 0 Å². The fourth-order valence-corrected chi connectivity index (χ4v) is 4.54. The van der Waals surface area contributed by atoms with Crippen molar-refractivity contribution in [3.63, 3.8) is 0 Å². The number of tetrazole rings is 1. The van der Waals surface area contributed by atoms with E-state index in [1.807, 2.05) is 50.2 Å². The molecule has 1 aliphatic rings. The van der Waals surface area contributed by atoms with Gasteiger partial charge in [0.05, 0.1) is 17.5 Å². The average Bonchev–Trinajstić information content (AvgIpc) is 3.50. The molecule has 0 unspecified atom stereocenters. The third-order valence-electron chi connectivity index (χ3n) is 5.67. The van der Waals surface area contributed by atoms with Crippen LogP contribution in [0.2, 0.25) is 0 Å². The van der Waals surface area contributed by atoms with Gasteiger partial charge in [0.25, 0.3) is 0 Å². The molecule has 33 heavy (non-hydrogen) atoms. The molecule has 0 N–H and O–H groups in total. The van der Waals surface area contributed by atoms with Crippen molar-refractivity contribution in [3.05, 3.63) is 59.7 Å². The Morgan fingerprint density at radius 1 is 1.15 bits per heavy atom. The van der Waals surface area contributed by atoms with Gasteiger partial charge in [0.15, 0.2) is 0 Å². The Kier molecular flexibility index (Phi) is 7.61. The summed E-state index contributed by atoms with van der Waals surface area (Å²) in [6, 6.07) is 16.3. The van der Waals surface area contributed by atoms with Crippen molar-refractivity contribution in [1.82, 2.24) is 25.1 Å². The van der Waals surface area contributed by atoms with Crippen LogP contribution in [0.5, 0.6) is 0 Å². The number of aryl methyl sites for hydroxylation is 1. The number of amides is 1. The summed E-state index contributed by atoms with van der Waals surface area (Å²) in [4.78, 5) is 17.2. The predicted molar refractivity (Wildman–Crippen MR) is 130 cm³/mol. The molecule has 4 rings (SSSR count). The molecule has 1 aromatic heterocycles. The van der Waals surface area contributed by atoms with Crippen LogP contribution in [0.4, 0.5) is 5.69 Å². The van der Waals surface area contributed by atoms with Gasteiger partial charge in [-0.15, -0.1) is 5.10 Å². The van der Waals surface area contributed by atoms with Gasteiger partial charge >= 0.3 is 0 Å². The minimum atomic E-state index is 0.0469. The number of carbonyl (C=O) groups is 1. The molecule has 2 aromatic carbocycles. The van der Waals surface area contributed by atoms with E-state index in [0.29, 0.717) is 18.2 Å². The minimum absolute atomic E-state index is 0.0469. The Hall–Kier alpha value is -2.91. The first-order valence-electron chi connectivity index (χ1n) is 11.1. The van der Waals surface area contributed by atoms with E-state index in [-0.39, 0.29) is 17.8 Å². The highest BCUT2D eigenvalue weighted by molar-refractivity contribution is 7.99. The molecule has 1 fully saturated rings. The minimum Gasteiger partial charge on any atom is -0.378 e. The lowest BCUT2D eigenvalue weighted by Crippen LogP contribution is -2.38. The Morgan fingerprint density at radius 3 is 2.58 bits per heavy atom. The molecule has 1 amide bonds. The number of rotatable bonds is 9. The first-order chi connectivity index (χ1) is 16.0. The maximum atomic E-state index is 13.3. The molecule has 3 aromatic rings. The van der Waals surface area contributed by atoms with Crippen LogP contribution in [0.15, 0.2) is 53.7 Å². The van der Waals surface area contributed by atoms with Crippen LogP contribution in [0.25, 0.3) is 5.69 Å². The van der Waals surface area contributed by atoms with Crippen molar-refractivity contribution in [2.75, 3.05) is 37.9 Å². The van der Waals surface area contributed by atoms with Crippen LogP contribution >= 0.6 is 11.8 Å². The van der Waals surface area contributed by atoms with E-state index in [1.165, 1.54) is 17.3 Å². The van der Waals surface area contributed by atoms with E-state index in [1.54, 1.807) is 4.68 Å². The van der Waals surface area contributed by atoms with Crippen molar-refractivity contribution < 1.29 is 9.53 Å². The molecule has 1 aliphatic heterocycles. The normalized spacial score (nSPS) is 15.5. The molecule has 9 heteroatoms. The fraction of sp³-hybridized carbons (Fsp3) is 0.417. The number of aromatic nitrogens is 4. The van der Waals surface area contributed by atoms with Gasteiger partial charge in [-0.3, -0.25) is 4.79 Å². The zero-order valence-electron chi connectivity index (χ0n) is 19.3. The van der Waals surface area contributed by atoms with Crippen molar-refractivity contribution >= 4 is 23.4 Å². The van der Waals surface area contributed by atoms with E-state index in [0.717, 1.165) is 36.4 Å². The lowest BCUT2D eigenvalue weighted by Gasteiger charge is -2.26. The number of carbonyl (C=O) groups excluding carboxylic acids is 1. The number of hydrogen-bond acceptors (Lipinski definition) is 7. The van der Waals surface area contributed by atoms with Crippen LogP contribution in [0.3, 0.4) is 0 Å². The fourth-order valence-electron chi connectivity index (χ4n) is 3.74. The Bertz CT molecular complexity index is 1050. The molecular weight excluding hydrogens is 436 g/mol. The molecular formula is C24H30N6O2S. The summed E-state index contributed by atoms with van der Waals surface area (Å²) >= 11 is 1.35. The van der Waals surface area contributed by atoms with Crippen LogP contribution in [0.1, 0.15) is 24.0 Å². The van der Waals surface area contributed by atoms with E-state index < -0.39 is 0 Å². The second-order valence-electron chi connectivity index (χ2n) is 8.47. The number of thioether (sulfide) groups is 1. The Balaban J connectivity index is 1.44. The van der Waals surface area contributed by atoms with Gasteiger partial charge in [-0.05, 0) is 60.0 Å². The molecule has 0 aliphatic carbocycles. The Morgan fingerprint density at radius 2 is 1.91 bits per heavy atom. The van der Waals surface area contributed by atoms with Crippen molar-refractivity contribution in [3.8, 4) is 5.69 Å². The summed E-state index contributed by atoms with van der Waals surface area (Å²) in [6.07, 6.45) is 2.13. The molecule has 8 nitrogen and oxygen atoms in total. The van der Waals surface area contributed by atoms with Crippen LogP contribution in [-0.2, 0) is 16.1 Å². The van der Waals surface area contributed by atoms with Crippen LogP contribution < -0.4 is 4.90 Å². The maximum Gasteiger partial charge on any atom is 0.233 e. The number of ether oxygens (including phenoxy) is 1. The van der Waals surface area contributed by atoms with Crippen LogP contribution in [0, 0.1) is 6.92 Å². The van der Waals surface area contributed by atoms with E-state index >= 15 is 0 Å². The summed E-state index contributed by atoms with van der Waals surface area (Å²) in [5.41, 5.74) is 4.27. The van der Waals surface area contributed by atoms with Gasteiger partial charge in [0.2, 0.25) is 11.1 Å². The third kappa shape index (κ3) is 6.11. The van der Waals surface area contributed by atoms with Crippen LogP contribution in [-0.4, -0.2) is 70.1 Å². The number of hydrogen-bond donors (Lipinski definition) is 0. The molecule has 1 atom stereocenters. The first kappa shape index (κ1) is 23.3. The standard InChI is InChI=1S/C24H30N6O2S/c1-18-6-10-21(11-7-18)30-24(25-26-27-30)33-17-23(31)29(16-22-5-4-14-32-22)15-19-8-12-20(13-9-19)28(2)3/h6-13,22H,4-5,14-17H2,1-3H3/t22-/m0/s1. The highest BCUT2D eigenvalue weighted by Crippen LogP contribution is 2.22. The molecule has 2 heterocycles. The number of nitrogens with zero attached hydrogens (tertiary/aromatic N) is 6. The van der Waals surface area contributed by atoms with Gasteiger partial charge in [-0.2, -0.15) is 4.68 Å². The number of anilines is 1. The zero-order chi connectivity index (χ0) is 23.2. The van der Waals surface area contributed by atoms with Gasteiger partial charge < -0.3 is 14.5 Å². The second-order valence-corrected chi connectivity index (χ2v) is 9.41. The molecule has 174 valence electrons. The Labute approximate surface area is 198 Å². The van der Waals surface area contributed by atoms with E-state index in [4.69, 9.17) is 4.74 Å². The SMILES string of the molecule is Cc1ccc(-n2nnnc2SCC(=O)N(Cc2ccc(N(C)C)cc2)C[C@@H]2CCCO2)cc1. The first-order valence-corrected chi connectivity index (χ1v) is 12.1. The topological polar surface area (TPSA) is 76.4 Å². The summed E-state index contributed by atoms with van der Waals surface area (Å²) in [7, 11) is 4.04. The van der Waals surface area contributed by atoms with Gasteiger partial charge in [-0.25, -0.2) is 0 Å². The summed E-state index contributed by atoms with van der Waals surface area (Å²) < 4.78 is 7.48. The predicted octanol–water partition coefficient (Wildman–Crippen LogP) is 3.34. The third-order valence-corrected chi connectivity index (χ3v) is 6.58. The summed E-state index contributed by atoms with van der Waals surface area (Å²) in [5.74, 6) is 0.306. The molecule has 0 spiro atoms. The summed E-state index contributed by atoms with van der Waals surface area (Å²) in [5, 5.41) is 12.6. The highest BCUT2D eigenvalue weighted by Gasteiger charge is 2.23. The quantitative estimate of drug-likeness (QED) is 0.448. The van der Waals surface area contributed by atoms with Crippen molar-refractivity contribution in [2.24, 2.45) is 0 Å². The van der Waals surface area contributed by atoms with Gasteiger partial charge in [0, 0.05) is 39.5 Å². The summed E-state index contributed by atoms with van der Waals surface area (Å²) in [6.45, 7) is 3.95. The van der Waals surface area contributed by atoms with Crippen molar-refractivity contribution in [2.45, 2.75) is 37.6 Å². The number of benzene rings is 2. The largest absolute Gasteiger partial charge is 0.378 e. The zero-order valence-corrected chi connectivity index (χ0v) is 20.2. The maximum absolute atomic E-state index is 13.3. The lowest BCUT2D eigenvalue weighted by atomic mass is 10.1. The average molecular weight is 467 g/mol. The second kappa shape index (κ2) is 10.8. The lowest BCUT2D eigenvalue weighted by molar-refractivity contribution is -0.130. The molecule has 1 saturated heterocycles. The van der Waals surface area contributed by atoms with Crippen molar-refractivity contribution in [1.29, 1.82) is 0 Å². The highest BCUT2D eigenvalue weighted by atomic mass is 32.2. The van der Waals surface area contributed by atoms with E-state index in [9.17, 15) is 4.79 Å².